The van der Waals surface area contributed by atoms with E-state index in [9.17, 15) is 0 Å². The van der Waals surface area contributed by atoms with Gasteiger partial charge in [-0.05, 0) is 25.2 Å². The van der Waals surface area contributed by atoms with Crippen molar-refractivity contribution in [3.8, 4) is 0 Å². The summed E-state index contributed by atoms with van der Waals surface area (Å²) in [6, 6.07) is 0. The van der Waals surface area contributed by atoms with Gasteiger partial charge < -0.3 is 0 Å². The first kappa shape index (κ1) is 11.7. The van der Waals surface area contributed by atoms with E-state index in [4.69, 9.17) is 0 Å². The van der Waals surface area contributed by atoms with Crippen LogP contribution in [0.3, 0.4) is 0 Å². The molecule has 0 bridgehead atoms. The Hall–Kier alpha value is -0.260. The van der Waals surface area contributed by atoms with Crippen LogP contribution in [0.1, 0.15) is 59.3 Å². The van der Waals surface area contributed by atoms with Gasteiger partial charge in [-0.15, -0.1) is 0 Å². The van der Waals surface area contributed by atoms with Crippen LogP contribution in [-0.4, -0.2) is 0 Å². The Morgan fingerprint density at radius 1 is 1.08 bits per heavy atom. The molecule has 0 fully saturated rings. The van der Waals surface area contributed by atoms with Crippen LogP contribution in [0.2, 0.25) is 0 Å². The lowest BCUT2D eigenvalue weighted by molar-refractivity contribution is 0.482. The molecule has 0 saturated carbocycles. The molecule has 0 nitrogen and oxygen atoms in total. The molecule has 0 N–H and O–H groups in total. The minimum absolute atomic E-state index is 0.892. The molecule has 0 aromatic carbocycles. The van der Waals surface area contributed by atoms with E-state index in [1.165, 1.54) is 44.1 Å². The van der Waals surface area contributed by atoms with Gasteiger partial charge in [-0.25, -0.2) is 0 Å². The molecule has 0 rings (SSSR count). The number of hydrogen-bond acceptors (Lipinski definition) is 0. The molecule has 0 saturated heterocycles. The fourth-order valence-corrected chi connectivity index (χ4v) is 1.57. The molecule has 12 heavy (non-hydrogen) atoms. The average Bonchev–Trinajstić information content (AvgIpc) is 2.02. The molecular weight excluding hydrogens is 144 g/mol. The summed E-state index contributed by atoms with van der Waals surface area (Å²) in [5.74, 6) is 0.892. The van der Waals surface area contributed by atoms with Crippen LogP contribution in [0.4, 0.5) is 0 Å². The highest BCUT2D eigenvalue weighted by Crippen LogP contribution is 2.17. The van der Waals surface area contributed by atoms with Crippen molar-refractivity contribution in [2.45, 2.75) is 59.3 Å². The molecule has 0 heteroatoms. The highest BCUT2D eigenvalue weighted by Gasteiger charge is 2.01. The summed E-state index contributed by atoms with van der Waals surface area (Å²) >= 11 is 0. The van der Waals surface area contributed by atoms with Gasteiger partial charge in [-0.2, -0.15) is 0 Å². The molecule has 0 amide bonds. The molecule has 0 aromatic heterocycles. The van der Waals surface area contributed by atoms with Gasteiger partial charge in [0.2, 0.25) is 0 Å². The summed E-state index contributed by atoms with van der Waals surface area (Å²) in [6.45, 7) is 10.9. The van der Waals surface area contributed by atoms with Crippen LogP contribution in [-0.2, 0) is 0 Å². The standard InChI is InChI=1S/C12H24/c1-5-7-11(3)9-10-12(4)8-6-2/h12H,3,5-10H2,1-2,4H3. The molecule has 0 aliphatic carbocycles. The number of allylic oxidation sites excluding steroid dienone is 1. The van der Waals surface area contributed by atoms with Crippen molar-refractivity contribution in [1.29, 1.82) is 0 Å². The van der Waals surface area contributed by atoms with Gasteiger partial charge in [0, 0.05) is 0 Å². The van der Waals surface area contributed by atoms with E-state index < -0.39 is 0 Å². The van der Waals surface area contributed by atoms with Gasteiger partial charge in [0.05, 0.1) is 0 Å². The average molecular weight is 168 g/mol. The summed E-state index contributed by atoms with van der Waals surface area (Å²) in [7, 11) is 0. The zero-order chi connectivity index (χ0) is 9.40. The smallest absolute Gasteiger partial charge is 0.0320 e. The topological polar surface area (TPSA) is 0 Å². The molecule has 0 heterocycles. The van der Waals surface area contributed by atoms with Crippen molar-refractivity contribution in [2.75, 3.05) is 0 Å². The fourth-order valence-electron chi connectivity index (χ4n) is 1.57. The van der Waals surface area contributed by atoms with Gasteiger partial charge in [0.25, 0.3) is 0 Å². The third-order valence-corrected chi connectivity index (χ3v) is 2.38. The summed E-state index contributed by atoms with van der Waals surface area (Å²) in [6.07, 6.45) is 7.75. The monoisotopic (exact) mass is 168 g/mol. The Morgan fingerprint density at radius 2 is 1.75 bits per heavy atom. The molecule has 72 valence electrons. The normalized spacial score (nSPS) is 12.9. The molecule has 0 spiro atoms. The van der Waals surface area contributed by atoms with Crippen LogP contribution >= 0.6 is 0 Å². The van der Waals surface area contributed by atoms with Crippen LogP contribution < -0.4 is 0 Å². The van der Waals surface area contributed by atoms with Crippen LogP contribution in [0.25, 0.3) is 0 Å². The van der Waals surface area contributed by atoms with Gasteiger partial charge in [-0.1, -0.05) is 52.2 Å². The van der Waals surface area contributed by atoms with Crippen LogP contribution in [0.5, 0.6) is 0 Å². The van der Waals surface area contributed by atoms with Gasteiger partial charge in [0.1, 0.15) is 0 Å². The first-order valence-electron chi connectivity index (χ1n) is 5.37. The Kier molecular flexibility index (Phi) is 7.23. The second kappa shape index (κ2) is 7.39. The Labute approximate surface area is 78.1 Å². The van der Waals surface area contributed by atoms with Crippen molar-refractivity contribution in [1.82, 2.24) is 0 Å². The Bertz CT molecular complexity index is 113. The van der Waals surface area contributed by atoms with E-state index >= 15 is 0 Å². The fraction of sp³-hybridized carbons (Fsp3) is 0.833. The van der Waals surface area contributed by atoms with Crippen molar-refractivity contribution in [3.63, 3.8) is 0 Å². The van der Waals surface area contributed by atoms with Crippen LogP contribution in [0, 0.1) is 5.92 Å². The highest BCUT2D eigenvalue weighted by atomic mass is 14.1. The lowest BCUT2D eigenvalue weighted by Gasteiger charge is -2.10. The van der Waals surface area contributed by atoms with E-state index in [0.717, 1.165) is 5.92 Å². The lowest BCUT2D eigenvalue weighted by atomic mass is 9.96. The maximum absolute atomic E-state index is 4.08. The lowest BCUT2D eigenvalue weighted by Crippen LogP contribution is -1.94. The summed E-state index contributed by atoms with van der Waals surface area (Å²) in [5, 5.41) is 0. The maximum Gasteiger partial charge on any atom is -0.0320 e. The van der Waals surface area contributed by atoms with Gasteiger partial charge in [0.15, 0.2) is 0 Å². The van der Waals surface area contributed by atoms with E-state index in [1.54, 1.807) is 0 Å². The van der Waals surface area contributed by atoms with E-state index in [2.05, 4.69) is 27.4 Å². The van der Waals surface area contributed by atoms with Crippen molar-refractivity contribution in [2.24, 2.45) is 5.92 Å². The first-order chi connectivity index (χ1) is 5.70. The largest absolute Gasteiger partial charge is 0.0999 e. The predicted molar refractivity (Wildman–Crippen MR) is 57.4 cm³/mol. The quantitative estimate of drug-likeness (QED) is 0.489. The Balaban J connectivity index is 3.33. The number of hydrogen-bond donors (Lipinski definition) is 0. The summed E-state index contributed by atoms with van der Waals surface area (Å²) in [5.41, 5.74) is 1.44. The minimum atomic E-state index is 0.892. The third kappa shape index (κ3) is 6.45. The van der Waals surface area contributed by atoms with Crippen LogP contribution in [0.15, 0.2) is 12.2 Å². The predicted octanol–water partition coefficient (Wildman–Crippen LogP) is 4.56. The zero-order valence-corrected chi connectivity index (χ0v) is 9.03. The first-order valence-corrected chi connectivity index (χ1v) is 5.37. The Morgan fingerprint density at radius 3 is 2.25 bits per heavy atom. The molecule has 0 aliphatic heterocycles. The van der Waals surface area contributed by atoms with Gasteiger partial charge >= 0.3 is 0 Å². The zero-order valence-electron chi connectivity index (χ0n) is 9.03. The third-order valence-electron chi connectivity index (χ3n) is 2.38. The summed E-state index contributed by atoms with van der Waals surface area (Å²) in [4.78, 5) is 0. The van der Waals surface area contributed by atoms with Crippen molar-refractivity contribution < 1.29 is 0 Å². The van der Waals surface area contributed by atoms with Gasteiger partial charge in [-0.3, -0.25) is 0 Å². The molecule has 0 aliphatic rings. The molecule has 1 atom stereocenters. The van der Waals surface area contributed by atoms with E-state index in [0.29, 0.717) is 0 Å². The number of rotatable bonds is 7. The van der Waals surface area contributed by atoms with E-state index in [-0.39, 0.29) is 0 Å². The van der Waals surface area contributed by atoms with Crippen molar-refractivity contribution in [3.05, 3.63) is 12.2 Å². The second-order valence-corrected chi connectivity index (χ2v) is 3.93. The van der Waals surface area contributed by atoms with Crippen molar-refractivity contribution >= 4 is 0 Å². The second-order valence-electron chi connectivity index (χ2n) is 3.93. The SMILES string of the molecule is C=C(CCC)CCC(C)CCC. The molecule has 0 radical (unpaired) electrons. The minimum Gasteiger partial charge on any atom is -0.0999 e. The highest BCUT2D eigenvalue weighted by molar-refractivity contribution is 4.93. The molecule has 0 aromatic rings. The molecule has 1 unspecified atom stereocenters. The maximum atomic E-state index is 4.08. The molecular formula is C12H24. The van der Waals surface area contributed by atoms with E-state index in [1.807, 2.05) is 0 Å². The summed E-state index contributed by atoms with van der Waals surface area (Å²) < 4.78 is 0.